The zero-order chi connectivity index (χ0) is 31.4. The summed E-state index contributed by atoms with van der Waals surface area (Å²) in [6.45, 7) is 6.35. The van der Waals surface area contributed by atoms with Crippen LogP contribution in [0.25, 0.3) is 22.3 Å². The fourth-order valence-electron chi connectivity index (χ4n) is 4.93. The van der Waals surface area contributed by atoms with Crippen LogP contribution in [0.5, 0.6) is 17.2 Å². The number of nitriles is 1. The monoisotopic (exact) mass is 650 g/mol. The van der Waals surface area contributed by atoms with E-state index in [9.17, 15) is 10.1 Å². The summed E-state index contributed by atoms with van der Waals surface area (Å²) in [6.07, 6.45) is 1.59. The fraction of sp³-hybridized carbons (Fsp3) is 0.200. The molecule has 5 rings (SSSR count). The van der Waals surface area contributed by atoms with Crippen molar-refractivity contribution >= 4 is 33.0 Å². The Morgan fingerprint density at radius 1 is 1.00 bits per heavy atom. The van der Waals surface area contributed by atoms with E-state index in [1.807, 2.05) is 55.5 Å². The summed E-state index contributed by atoms with van der Waals surface area (Å²) in [4.78, 5) is 18.7. The molecule has 0 saturated heterocycles. The molecule has 222 valence electrons. The van der Waals surface area contributed by atoms with E-state index >= 15 is 0 Å². The van der Waals surface area contributed by atoms with Crippen molar-refractivity contribution in [3.8, 4) is 34.7 Å². The Balaban J connectivity index is 1.59. The van der Waals surface area contributed by atoms with Crippen molar-refractivity contribution in [1.82, 2.24) is 9.66 Å². The molecule has 4 aromatic carbocycles. The van der Waals surface area contributed by atoms with Gasteiger partial charge in [0.05, 0.1) is 43.0 Å². The molecule has 1 aromatic heterocycles. The summed E-state index contributed by atoms with van der Waals surface area (Å²) in [6, 6.07) is 24.2. The molecule has 0 fully saturated rings. The zero-order valence-electron chi connectivity index (χ0n) is 25.1. The highest BCUT2D eigenvalue weighted by atomic mass is 79.9. The third-order valence-electron chi connectivity index (χ3n) is 7.31. The van der Waals surface area contributed by atoms with Crippen LogP contribution in [0.3, 0.4) is 0 Å². The van der Waals surface area contributed by atoms with Crippen LogP contribution >= 0.6 is 15.9 Å². The lowest BCUT2D eigenvalue weighted by molar-refractivity contribution is 0.284. The van der Waals surface area contributed by atoms with Crippen LogP contribution < -0.4 is 19.8 Å². The Morgan fingerprint density at radius 3 is 2.45 bits per heavy atom. The first-order valence-electron chi connectivity index (χ1n) is 14.0. The number of aryl methyl sites for hydroxylation is 1. The number of methoxy groups -OCH3 is 2. The molecule has 0 spiro atoms. The SMILES string of the molecule is COc1cc(C=Nn2c(-c3cc(C(C)C)c(OC)cc3C)nc3ccccc3c2=O)c(Br)cc1OCc1ccccc1C#N. The third-order valence-corrected chi connectivity index (χ3v) is 8.00. The maximum Gasteiger partial charge on any atom is 0.282 e. The van der Waals surface area contributed by atoms with Gasteiger partial charge in [-0.05, 0) is 82.4 Å². The summed E-state index contributed by atoms with van der Waals surface area (Å²) in [7, 11) is 3.21. The first kappa shape index (κ1) is 30.5. The first-order valence-corrected chi connectivity index (χ1v) is 14.8. The van der Waals surface area contributed by atoms with Crippen molar-refractivity contribution in [2.24, 2.45) is 5.10 Å². The second kappa shape index (κ2) is 13.1. The summed E-state index contributed by atoms with van der Waals surface area (Å²) < 4.78 is 19.3. The Kier molecular flexibility index (Phi) is 9.12. The van der Waals surface area contributed by atoms with Crippen LogP contribution in [0.15, 0.2) is 87.2 Å². The van der Waals surface area contributed by atoms with Crippen LogP contribution in [0.4, 0.5) is 0 Å². The van der Waals surface area contributed by atoms with E-state index in [0.717, 1.165) is 28.0 Å². The lowest BCUT2D eigenvalue weighted by Crippen LogP contribution is -2.21. The van der Waals surface area contributed by atoms with E-state index in [-0.39, 0.29) is 18.1 Å². The van der Waals surface area contributed by atoms with E-state index in [1.54, 1.807) is 44.7 Å². The largest absolute Gasteiger partial charge is 0.496 e. The van der Waals surface area contributed by atoms with Crippen LogP contribution in [-0.2, 0) is 6.61 Å². The lowest BCUT2D eigenvalue weighted by atomic mass is 9.96. The van der Waals surface area contributed by atoms with Crippen LogP contribution in [0.1, 0.15) is 47.6 Å². The van der Waals surface area contributed by atoms with Crippen LogP contribution in [-0.4, -0.2) is 30.1 Å². The quantitative estimate of drug-likeness (QED) is 0.152. The smallest absolute Gasteiger partial charge is 0.282 e. The van der Waals surface area contributed by atoms with E-state index in [0.29, 0.717) is 43.8 Å². The Hall–Kier alpha value is -4.94. The fourth-order valence-corrected chi connectivity index (χ4v) is 5.35. The number of fused-ring (bicyclic) bond motifs is 1. The van der Waals surface area contributed by atoms with E-state index in [4.69, 9.17) is 19.2 Å². The molecule has 0 aliphatic carbocycles. The zero-order valence-corrected chi connectivity index (χ0v) is 26.7. The van der Waals surface area contributed by atoms with Crippen LogP contribution in [0, 0.1) is 18.3 Å². The van der Waals surface area contributed by atoms with Crippen molar-refractivity contribution in [3.63, 3.8) is 0 Å². The summed E-state index contributed by atoms with van der Waals surface area (Å²) in [5.74, 6) is 2.36. The molecule has 0 bridgehead atoms. The average Bonchev–Trinajstić information content (AvgIpc) is 3.03. The van der Waals surface area contributed by atoms with Gasteiger partial charge in [-0.25, -0.2) is 4.98 Å². The molecule has 9 heteroatoms. The number of hydrogen-bond acceptors (Lipinski definition) is 7. The van der Waals surface area contributed by atoms with Crippen molar-refractivity contribution in [1.29, 1.82) is 5.26 Å². The van der Waals surface area contributed by atoms with Crippen molar-refractivity contribution in [2.45, 2.75) is 33.3 Å². The van der Waals surface area contributed by atoms with Gasteiger partial charge >= 0.3 is 0 Å². The Bertz CT molecular complexity index is 1990. The summed E-state index contributed by atoms with van der Waals surface area (Å²) >= 11 is 3.62. The Labute approximate surface area is 264 Å². The summed E-state index contributed by atoms with van der Waals surface area (Å²) in [5, 5.41) is 14.5. The Morgan fingerprint density at radius 2 is 1.73 bits per heavy atom. The van der Waals surface area contributed by atoms with Gasteiger partial charge in [-0.2, -0.15) is 15.0 Å². The van der Waals surface area contributed by atoms with Gasteiger partial charge in [-0.1, -0.05) is 44.2 Å². The standard InChI is InChI=1S/C35H31BrN4O4/c1-21(2)27-16-28(22(3)14-31(27)42-4)34-39-30-13-9-8-12-26(30)35(41)40(34)38-19-25-15-32(43-5)33(17-29(25)36)44-20-24-11-7-6-10-23(24)18-37/h6-17,19,21H,20H2,1-5H3. The van der Waals surface area contributed by atoms with Gasteiger partial charge in [0, 0.05) is 21.2 Å². The summed E-state index contributed by atoms with van der Waals surface area (Å²) in [5.41, 5.74) is 4.96. The highest BCUT2D eigenvalue weighted by Crippen LogP contribution is 2.35. The minimum Gasteiger partial charge on any atom is -0.496 e. The molecule has 0 radical (unpaired) electrons. The number of halogens is 1. The molecule has 1 heterocycles. The molecule has 0 aliphatic rings. The number of rotatable bonds is 9. The predicted molar refractivity (Wildman–Crippen MR) is 176 cm³/mol. The minimum atomic E-state index is -0.289. The minimum absolute atomic E-state index is 0.186. The number of para-hydroxylation sites is 1. The molecule has 0 saturated carbocycles. The predicted octanol–water partition coefficient (Wildman–Crippen LogP) is 7.61. The van der Waals surface area contributed by atoms with E-state index < -0.39 is 0 Å². The molecular formula is C35H31BrN4O4. The first-order chi connectivity index (χ1) is 21.2. The van der Waals surface area contributed by atoms with Crippen molar-refractivity contribution in [3.05, 3.63) is 115 Å². The van der Waals surface area contributed by atoms with E-state index in [2.05, 4.69) is 40.9 Å². The highest BCUT2D eigenvalue weighted by Gasteiger charge is 2.19. The van der Waals surface area contributed by atoms with Gasteiger partial charge in [0.1, 0.15) is 12.4 Å². The van der Waals surface area contributed by atoms with Gasteiger partial charge in [0.15, 0.2) is 17.3 Å². The number of ether oxygens (including phenoxy) is 3. The highest BCUT2D eigenvalue weighted by molar-refractivity contribution is 9.10. The second-order valence-electron chi connectivity index (χ2n) is 10.5. The third kappa shape index (κ3) is 6.08. The average molecular weight is 652 g/mol. The molecule has 0 amide bonds. The van der Waals surface area contributed by atoms with Crippen molar-refractivity contribution in [2.75, 3.05) is 14.2 Å². The molecule has 8 nitrogen and oxygen atoms in total. The molecule has 0 aliphatic heterocycles. The molecule has 5 aromatic rings. The van der Waals surface area contributed by atoms with Gasteiger partial charge in [0.25, 0.3) is 5.56 Å². The molecule has 0 N–H and O–H groups in total. The molecule has 44 heavy (non-hydrogen) atoms. The number of aromatic nitrogens is 2. The van der Waals surface area contributed by atoms with Crippen molar-refractivity contribution < 1.29 is 14.2 Å². The van der Waals surface area contributed by atoms with Gasteiger partial charge in [0.2, 0.25) is 0 Å². The molecule has 0 unspecified atom stereocenters. The normalized spacial score (nSPS) is 11.2. The topological polar surface area (TPSA) is 98.7 Å². The van der Waals surface area contributed by atoms with Gasteiger partial charge in [-0.3, -0.25) is 4.79 Å². The second-order valence-corrected chi connectivity index (χ2v) is 11.3. The van der Waals surface area contributed by atoms with Gasteiger partial charge < -0.3 is 14.2 Å². The number of hydrogen-bond donors (Lipinski definition) is 0. The van der Waals surface area contributed by atoms with Crippen LogP contribution in [0.2, 0.25) is 0 Å². The maximum absolute atomic E-state index is 13.8. The molecule has 0 atom stereocenters. The maximum atomic E-state index is 13.8. The number of nitrogens with zero attached hydrogens (tertiary/aromatic N) is 4. The molecular weight excluding hydrogens is 620 g/mol. The van der Waals surface area contributed by atoms with Gasteiger partial charge in [-0.15, -0.1) is 0 Å². The number of benzene rings is 4. The van der Waals surface area contributed by atoms with E-state index in [1.165, 1.54) is 4.68 Å². The lowest BCUT2D eigenvalue weighted by Gasteiger charge is -2.17.